The zero-order valence-corrected chi connectivity index (χ0v) is 6.41. The van der Waals surface area contributed by atoms with Crippen molar-refractivity contribution >= 4 is 12.3 Å². The molecular formula is C2O6Zr. The summed E-state index contributed by atoms with van der Waals surface area (Å²) in [5.74, 6) is 0. The Labute approximate surface area is 68.9 Å². The average Bonchev–Trinajstić information content (AvgIpc) is 1.25. The molecule has 0 aromatic carbocycles. The van der Waals surface area contributed by atoms with Crippen molar-refractivity contribution in [2.75, 3.05) is 0 Å². The van der Waals surface area contributed by atoms with Crippen LogP contribution in [-0.2, 0) is 26.2 Å². The molecule has 48 valence electrons. The van der Waals surface area contributed by atoms with Gasteiger partial charge in [-0.15, -0.1) is 0 Å². The molecule has 0 aliphatic heterocycles. The zero-order valence-electron chi connectivity index (χ0n) is 3.95. The van der Waals surface area contributed by atoms with Crippen LogP contribution in [-0.4, -0.2) is 12.3 Å². The fourth-order valence-corrected chi connectivity index (χ4v) is 0. The molecule has 0 saturated carbocycles. The monoisotopic (exact) mass is 210 g/mol. The molecule has 7 heteroatoms. The maximum absolute atomic E-state index is 8.33. The van der Waals surface area contributed by atoms with Gasteiger partial charge >= 0.3 is 26.2 Å². The first-order chi connectivity index (χ1) is 3.46. The van der Waals surface area contributed by atoms with E-state index in [4.69, 9.17) is 30.0 Å². The van der Waals surface area contributed by atoms with E-state index in [-0.39, 0.29) is 26.2 Å². The van der Waals surface area contributed by atoms with Gasteiger partial charge in [-0.3, -0.25) is 0 Å². The fraction of sp³-hybridized carbons (Fsp3) is 0. The van der Waals surface area contributed by atoms with Gasteiger partial charge in [0.15, 0.2) is 0 Å². The Kier molecular flexibility index (Phi) is 18.3. The van der Waals surface area contributed by atoms with Crippen molar-refractivity contribution in [3.8, 4) is 0 Å². The van der Waals surface area contributed by atoms with Crippen LogP contribution in [0.15, 0.2) is 0 Å². The van der Waals surface area contributed by atoms with Gasteiger partial charge in [0.25, 0.3) is 0 Å². The second-order valence-corrected chi connectivity index (χ2v) is 0.500. The van der Waals surface area contributed by atoms with Crippen molar-refractivity contribution in [3.05, 3.63) is 0 Å². The predicted molar refractivity (Wildman–Crippen MR) is 10.8 cm³/mol. The predicted octanol–water partition coefficient (Wildman–Crippen LogP) is -4.90. The summed E-state index contributed by atoms with van der Waals surface area (Å²) in [6.07, 6.45) is -4.67. The van der Waals surface area contributed by atoms with Gasteiger partial charge in [0.1, 0.15) is 0 Å². The third kappa shape index (κ3) is 656. The zero-order chi connectivity index (χ0) is 7.15. The van der Waals surface area contributed by atoms with Crippen LogP contribution in [0.4, 0.5) is 9.59 Å². The summed E-state index contributed by atoms with van der Waals surface area (Å²) in [5.41, 5.74) is 0. The van der Waals surface area contributed by atoms with Gasteiger partial charge in [0, 0.05) is 0 Å². The van der Waals surface area contributed by atoms with Crippen LogP contribution < -0.4 is 20.4 Å². The van der Waals surface area contributed by atoms with E-state index in [2.05, 4.69) is 0 Å². The molecule has 0 rings (SSSR count). The van der Waals surface area contributed by atoms with Crippen molar-refractivity contribution < 1.29 is 56.2 Å². The second kappa shape index (κ2) is 10.4. The molecule has 0 unspecified atom stereocenters. The van der Waals surface area contributed by atoms with Gasteiger partial charge in [-0.05, 0) is 12.3 Å². The van der Waals surface area contributed by atoms with E-state index in [0.29, 0.717) is 0 Å². The average molecular weight is 211 g/mol. The number of carbonyl (C=O) groups is 2. The van der Waals surface area contributed by atoms with Gasteiger partial charge in [0.05, 0.1) is 0 Å². The van der Waals surface area contributed by atoms with Crippen molar-refractivity contribution in [1.82, 2.24) is 0 Å². The molecule has 0 atom stereocenters. The van der Waals surface area contributed by atoms with E-state index in [1.165, 1.54) is 0 Å². The van der Waals surface area contributed by atoms with Crippen LogP contribution in [0.1, 0.15) is 0 Å². The molecule has 0 saturated heterocycles. The molecule has 0 aromatic heterocycles. The molecular weight excluding hydrogens is 211 g/mol. The number of carbonyl (C=O) groups excluding carboxylic acids is 2. The number of hydrogen-bond donors (Lipinski definition) is 0. The van der Waals surface area contributed by atoms with Gasteiger partial charge in [-0.25, -0.2) is 0 Å². The SMILES string of the molecule is O=C([O-])[O-].O=C([O-])[O-].[Zr+4]. The minimum absolute atomic E-state index is 0. The molecule has 0 N–H and O–H groups in total. The number of rotatable bonds is 0. The molecule has 0 heterocycles. The molecule has 0 radical (unpaired) electrons. The Bertz CT molecular complexity index is 69.1. The Hall–Kier alpha value is -0.577. The van der Waals surface area contributed by atoms with Gasteiger partial charge in [-0.2, -0.15) is 0 Å². The summed E-state index contributed by atoms with van der Waals surface area (Å²) in [7, 11) is 0. The van der Waals surface area contributed by atoms with E-state index in [1.807, 2.05) is 0 Å². The molecule has 9 heavy (non-hydrogen) atoms. The summed E-state index contributed by atoms with van der Waals surface area (Å²) in [4.78, 5) is 16.7. The van der Waals surface area contributed by atoms with Gasteiger partial charge in [0.2, 0.25) is 0 Å². The second-order valence-electron chi connectivity index (χ2n) is 0.500. The van der Waals surface area contributed by atoms with Crippen LogP contribution >= 0.6 is 0 Å². The fourth-order valence-electron chi connectivity index (χ4n) is 0. The Morgan fingerprint density at radius 1 is 0.778 bits per heavy atom. The summed E-state index contributed by atoms with van der Waals surface area (Å²) in [6.45, 7) is 0. The van der Waals surface area contributed by atoms with Crippen LogP contribution in [0, 0.1) is 0 Å². The third-order valence-corrected chi connectivity index (χ3v) is 0. The third-order valence-electron chi connectivity index (χ3n) is 0. The summed E-state index contributed by atoms with van der Waals surface area (Å²) in [6, 6.07) is 0. The van der Waals surface area contributed by atoms with Gasteiger partial charge in [-0.1, -0.05) is 0 Å². The molecule has 0 fully saturated rings. The van der Waals surface area contributed by atoms with E-state index < -0.39 is 12.3 Å². The minimum atomic E-state index is -2.33. The Morgan fingerprint density at radius 2 is 0.778 bits per heavy atom. The molecule has 6 nitrogen and oxygen atoms in total. The Morgan fingerprint density at radius 3 is 0.778 bits per heavy atom. The van der Waals surface area contributed by atoms with Crippen LogP contribution in [0.2, 0.25) is 0 Å². The van der Waals surface area contributed by atoms with Crippen molar-refractivity contribution in [2.45, 2.75) is 0 Å². The standard InChI is InChI=1S/2CH2O3.Zr/c2*2-1(3)4;/h2*(H2,2,3,4);/q;;+4/p-4. The van der Waals surface area contributed by atoms with E-state index in [1.54, 1.807) is 0 Å². The smallest absolute Gasteiger partial charge is 0.652 e. The molecule has 0 amide bonds. The largest absolute Gasteiger partial charge is 4.00 e. The van der Waals surface area contributed by atoms with Crippen LogP contribution in [0.3, 0.4) is 0 Å². The molecule has 0 aliphatic rings. The summed E-state index contributed by atoms with van der Waals surface area (Å²) in [5, 5.41) is 33.3. The first kappa shape index (κ1) is 15.8. The van der Waals surface area contributed by atoms with Crippen LogP contribution in [0.5, 0.6) is 0 Å². The maximum Gasteiger partial charge on any atom is 4.00 e. The molecule has 0 aliphatic carbocycles. The maximum atomic E-state index is 8.33. The van der Waals surface area contributed by atoms with Crippen molar-refractivity contribution in [2.24, 2.45) is 0 Å². The van der Waals surface area contributed by atoms with Gasteiger partial charge < -0.3 is 30.0 Å². The summed E-state index contributed by atoms with van der Waals surface area (Å²) < 4.78 is 0. The Balaban J connectivity index is -0.0000000720. The molecule has 0 bridgehead atoms. The van der Waals surface area contributed by atoms with E-state index in [0.717, 1.165) is 0 Å². The minimum Gasteiger partial charge on any atom is -0.652 e. The molecule has 0 spiro atoms. The van der Waals surface area contributed by atoms with Crippen molar-refractivity contribution in [3.63, 3.8) is 0 Å². The van der Waals surface area contributed by atoms with Crippen molar-refractivity contribution in [1.29, 1.82) is 0 Å². The number of hydrogen-bond acceptors (Lipinski definition) is 6. The number of carboxylic acid groups (broad SMARTS) is 4. The molecule has 0 aromatic rings. The quantitative estimate of drug-likeness (QED) is 0.395. The van der Waals surface area contributed by atoms with Crippen LogP contribution in [0.25, 0.3) is 0 Å². The first-order valence-corrected chi connectivity index (χ1v) is 1.22. The van der Waals surface area contributed by atoms with E-state index in [9.17, 15) is 0 Å². The normalized spacial score (nSPS) is 5.33. The summed E-state index contributed by atoms with van der Waals surface area (Å²) >= 11 is 0. The topological polar surface area (TPSA) is 126 Å². The first-order valence-electron chi connectivity index (χ1n) is 1.22. The van der Waals surface area contributed by atoms with E-state index >= 15 is 0 Å².